The third kappa shape index (κ3) is 7.38. The molecule has 108 valence electrons. The molecule has 18 heavy (non-hydrogen) atoms. The first-order valence-electron chi connectivity index (χ1n) is 8.11. The summed E-state index contributed by atoms with van der Waals surface area (Å²) >= 11 is 0. The number of hydrogen-bond donors (Lipinski definition) is 1. The Bertz CT molecular complexity index is 184. The standard InChI is InChI=1S/C16H34N2/c1-15(2)18(3)13-9-12-17-14-16-10-7-5-4-6-8-11-16/h15-17H,4-14H2,1-3H3. The minimum atomic E-state index is 0.676. The molecule has 0 saturated heterocycles. The van der Waals surface area contributed by atoms with Crippen molar-refractivity contribution in [3.8, 4) is 0 Å². The number of hydrogen-bond acceptors (Lipinski definition) is 2. The van der Waals surface area contributed by atoms with Gasteiger partial charge in [-0.25, -0.2) is 0 Å². The van der Waals surface area contributed by atoms with Crippen LogP contribution in [0.25, 0.3) is 0 Å². The molecule has 1 N–H and O–H groups in total. The number of nitrogens with zero attached hydrogens (tertiary/aromatic N) is 1. The molecule has 1 aliphatic rings. The molecule has 0 spiro atoms. The molecular weight excluding hydrogens is 220 g/mol. The zero-order valence-corrected chi connectivity index (χ0v) is 12.9. The van der Waals surface area contributed by atoms with Crippen molar-refractivity contribution in [2.75, 3.05) is 26.7 Å². The molecule has 1 saturated carbocycles. The van der Waals surface area contributed by atoms with Crippen molar-refractivity contribution in [2.45, 2.75) is 71.3 Å². The summed E-state index contributed by atoms with van der Waals surface area (Å²) < 4.78 is 0. The Hall–Kier alpha value is -0.0800. The minimum absolute atomic E-state index is 0.676. The van der Waals surface area contributed by atoms with E-state index in [0.717, 1.165) is 5.92 Å². The second-order valence-electron chi connectivity index (χ2n) is 6.34. The van der Waals surface area contributed by atoms with Crippen LogP contribution >= 0.6 is 0 Å². The first-order chi connectivity index (χ1) is 8.70. The van der Waals surface area contributed by atoms with E-state index in [4.69, 9.17) is 0 Å². The van der Waals surface area contributed by atoms with Crippen molar-refractivity contribution in [2.24, 2.45) is 5.92 Å². The Morgan fingerprint density at radius 2 is 1.67 bits per heavy atom. The van der Waals surface area contributed by atoms with Crippen LogP contribution in [0.3, 0.4) is 0 Å². The van der Waals surface area contributed by atoms with Crippen molar-refractivity contribution in [1.82, 2.24) is 10.2 Å². The summed E-state index contributed by atoms with van der Waals surface area (Å²) in [5.74, 6) is 0.952. The van der Waals surface area contributed by atoms with E-state index in [-0.39, 0.29) is 0 Å². The van der Waals surface area contributed by atoms with E-state index >= 15 is 0 Å². The Balaban J connectivity index is 1.99. The highest BCUT2D eigenvalue weighted by Gasteiger charge is 2.10. The molecule has 0 aromatic carbocycles. The van der Waals surface area contributed by atoms with Gasteiger partial charge in [-0.2, -0.15) is 0 Å². The fourth-order valence-corrected chi connectivity index (χ4v) is 2.76. The van der Waals surface area contributed by atoms with Gasteiger partial charge < -0.3 is 10.2 Å². The Kier molecular flexibility index (Phi) is 8.70. The average molecular weight is 254 g/mol. The van der Waals surface area contributed by atoms with Gasteiger partial charge in [0.05, 0.1) is 0 Å². The van der Waals surface area contributed by atoms with Gasteiger partial charge in [0, 0.05) is 6.04 Å². The molecule has 2 nitrogen and oxygen atoms in total. The van der Waals surface area contributed by atoms with Crippen molar-refractivity contribution in [1.29, 1.82) is 0 Å². The highest BCUT2D eigenvalue weighted by atomic mass is 15.1. The van der Waals surface area contributed by atoms with Crippen LogP contribution in [0.2, 0.25) is 0 Å². The molecule has 0 aliphatic heterocycles. The van der Waals surface area contributed by atoms with Gasteiger partial charge in [-0.3, -0.25) is 0 Å². The quantitative estimate of drug-likeness (QED) is 0.697. The van der Waals surface area contributed by atoms with Gasteiger partial charge in [-0.15, -0.1) is 0 Å². The molecule has 1 fully saturated rings. The predicted molar refractivity (Wildman–Crippen MR) is 81.1 cm³/mol. The highest BCUT2D eigenvalue weighted by Crippen LogP contribution is 2.21. The van der Waals surface area contributed by atoms with Gasteiger partial charge in [0.25, 0.3) is 0 Å². The van der Waals surface area contributed by atoms with Crippen LogP contribution in [-0.4, -0.2) is 37.6 Å². The van der Waals surface area contributed by atoms with Gasteiger partial charge in [-0.05, 0) is 65.7 Å². The van der Waals surface area contributed by atoms with Gasteiger partial charge >= 0.3 is 0 Å². The van der Waals surface area contributed by atoms with Crippen LogP contribution in [0, 0.1) is 5.92 Å². The summed E-state index contributed by atoms with van der Waals surface area (Å²) in [5, 5.41) is 3.67. The summed E-state index contributed by atoms with van der Waals surface area (Å²) in [7, 11) is 2.22. The maximum atomic E-state index is 3.67. The van der Waals surface area contributed by atoms with Gasteiger partial charge in [0.15, 0.2) is 0 Å². The molecule has 1 rings (SSSR count). The maximum absolute atomic E-state index is 3.67. The van der Waals surface area contributed by atoms with E-state index < -0.39 is 0 Å². The second-order valence-corrected chi connectivity index (χ2v) is 6.34. The van der Waals surface area contributed by atoms with Crippen molar-refractivity contribution in [3.63, 3.8) is 0 Å². The third-order valence-electron chi connectivity index (χ3n) is 4.40. The Morgan fingerprint density at radius 1 is 1.06 bits per heavy atom. The topological polar surface area (TPSA) is 15.3 Å². The van der Waals surface area contributed by atoms with Gasteiger partial charge in [-0.1, -0.05) is 32.1 Å². The van der Waals surface area contributed by atoms with Crippen LogP contribution < -0.4 is 5.32 Å². The number of nitrogens with one attached hydrogen (secondary N) is 1. The monoisotopic (exact) mass is 254 g/mol. The summed E-state index contributed by atoms with van der Waals surface area (Å²) in [6.07, 6.45) is 11.5. The van der Waals surface area contributed by atoms with Crippen LogP contribution in [0.4, 0.5) is 0 Å². The fourth-order valence-electron chi connectivity index (χ4n) is 2.76. The smallest absolute Gasteiger partial charge is 0.00355 e. The second kappa shape index (κ2) is 9.80. The molecule has 0 bridgehead atoms. The zero-order chi connectivity index (χ0) is 13.2. The normalized spacial score (nSPS) is 19.2. The lowest BCUT2D eigenvalue weighted by molar-refractivity contribution is 0.267. The van der Waals surface area contributed by atoms with Crippen LogP contribution in [-0.2, 0) is 0 Å². The zero-order valence-electron chi connectivity index (χ0n) is 12.9. The molecular formula is C16H34N2. The van der Waals surface area contributed by atoms with E-state index in [9.17, 15) is 0 Å². The molecule has 0 aromatic rings. The Morgan fingerprint density at radius 3 is 2.28 bits per heavy atom. The largest absolute Gasteiger partial charge is 0.316 e. The van der Waals surface area contributed by atoms with E-state index in [2.05, 4.69) is 31.1 Å². The van der Waals surface area contributed by atoms with E-state index in [1.54, 1.807) is 0 Å². The van der Waals surface area contributed by atoms with Crippen LogP contribution in [0.15, 0.2) is 0 Å². The van der Waals surface area contributed by atoms with Crippen molar-refractivity contribution in [3.05, 3.63) is 0 Å². The SMILES string of the molecule is CC(C)N(C)CCCNCC1CCCCCCC1. The highest BCUT2D eigenvalue weighted by molar-refractivity contribution is 4.66. The molecule has 0 amide bonds. The molecule has 0 atom stereocenters. The lowest BCUT2D eigenvalue weighted by Gasteiger charge is -2.22. The molecule has 1 aliphatic carbocycles. The summed E-state index contributed by atoms with van der Waals surface area (Å²) in [5.41, 5.74) is 0. The van der Waals surface area contributed by atoms with Crippen molar-refractivity contribution < 1.29 is 0 Å². The summed E-state index contributed by atoms with van der Waals surface area (Å²) in [4.78, 5) is 2.43. The van der Waals surface area contributed by atoms with Gasteiger partial charge in [0.1, 0.15) is 0 Å². The third-order valence-corrected chi connectivity index (χ3v) is 4.40. The minimum Gasteiger partial charge on any atom is -0.316 e. The molecule has 0 radical (unpaired) electrons. The predicted octanol–water partition coefficient (Wildman–Crippen LogP) is 3.67. The summed E-state index contributed by atoms with van der Waals surface area (Å²) in [6.45, 7) is 8.19. The average Bonchev–Trinajstić information content (AvgIpc) is 2.30. The lowest BCUT2D eigenvalue weighted by atomic mass is 9.91. The molecule has 2 heteroatoms. The van der Waals surface area contributed by atoms with Gasteiger partial charge in [0.2, 0.25) is 0 Å². The first-order valence-corrected chi connectivity index (χ1v) is 8.11. The summed E-state index contributed by atoms with van der Waals surface area (Å²) in [6, 6.07) is 0.676. The molecule has 0 aromatic heterocycles. The fraction of sp³-hybridized carbons (Fsp3) is 1.00. The molecule has 0 heterocycles. The van der Waals surface area contributed by atoms with E-state index in [0.29, 0.717) is 6.04 Å². The lowest BCUT2D eigenvalue weighted by Crippen LogP contribution is -2.31. The van der Waals surface area contributed by atoms with E-state index in [1.807, 2.05) is 0 Å². The maximum Gasteiger partial charge on any atom is 0.00355 e. The molecule has 0 unspecified atom stereocenters. The van der Waals surface area contributed by atoms with Crippen LogP contribution in [0.1, 0.15) is 65.2 Å². The first kappa shape index (κ1) is 16.0. The van der Waals surface area contributed by atoms with E-state index in [1.165, 1.54) is 71.0 Å². The van der Waals surface area contributed by atoms with Crippen LogP contribution in [0.5, 0.6) is 0 Å². The Labute approximate surface area is 115 Å². The number of rotatable bonds is 7. The van der Waals surface area contributed by atoms with Crippen molar-refractivity contribution >= 4 is 0 Å².